The number of hydrogen-bond donors (Lipinski definition) is 3. The highest BCUT2D eigenvalue weighted by atomic mass is 16.5. The lowest BCUT2D eigenvalue weighted by molar-refractivity contribution is 0.408. The van der Waals surface area contributed by atoms with Crippen LogP contribution in [0.25, 0.3) is 0 Å². The van der Waals surface area contributed by atoms with Crippen LogP contribution in [0.3, 0.4) is 0 Å². The highest BCUT2D eigenvalue weighted by Crippen LogP contribution is 2.22. The van der Waals surface area contributed by atoms with Crippen LogP contribution in [-0.4, -0.2) is 15.4 Å². The van der Waals surface area contributed by atoms with Crippen molar-refractivity contribution in [2.75, 3.05) is 0 Å². The van der Waals surface area contributed by atoms with Crippen molar-refractivity contribution in [2.45, 2.75) is 13.1 Å². The molecule has 0 spiro atoms. The molecule has 0 saturated heterocycles. The summed E-state index contributed by atoms with van der Waals surface area (Å²) in [5, 5.41) is 25.5. The van der Waals surface area contributed by atoms with Crippen molar-refractivity contribution in [3.05, 3.63) is 41.8 Å². The van der Waals surface area contributed by atoms with Crippen molar-refractivity contribution in [1.82, 2.24) is 10.5 Å². The van der Waals surface area contributed by atoms with Gasteiger partial charge in [0.2, 0.25) is 0 Å². The second-order valence-electron chi connectivity index (χ2n) is 3.41. The number of hydrogen-bond acceptors (Lipinski definition) is 5. The van der Waals surface area contributed by atoms with Crippen LogP contribution in [0.5, 0.6) is 11.5 Å². The minimum absolute atomic E-state index is 0.0535. The molecule has 0 bridgehead atoms. The van der Waals surface area contributed by atoms with Gasteiger partial charge >= 0.3 is 0 Å². The monoisotopic (exact) mass is 220 g/mol. The average molecular weight is 220 g/mol. The van der Waals surface area contributed by atoms with E-state index in [1.807, 2.05) is 0 Å². The van der Waals surface area contributed by atoms with Crippen LogP contribution in [0.15, 0.2) is 35.1 Å². The van der Waals surface area contributed by atoms with E-state index in [0.717, 1.165) is 11.3 Å². The zero-order chi connectivity index (χ0) is 11.4. The van der Waals surface area contributed by atoms with Gasteiger partial charge in [0.25, 0.3) is 0 Å². The number of aromatic nitrogens is 1. The first kappa shape index (κ1) is 10.5. The fourth-order valence-electron chi connectivity index (χ4n) is 1.36. The predicted octanol–water partition coefficient (Wildman–Crippen LogP) is 1.38. The van der Waals surface area contributed by atoms with Gasteiger partial charge in [-0.1, -0.05) is 11.2 Å². The number of phenols is 2. The van der Waals surface area contributed by atoms with E-state index >= 15 is 0 Å². The Hall–Kier alpha value is -2.01. The van der Waals surface area contributed by atoms with Gasteiger partial charge in [-0.2, -0.15) is 0 Å². The normalized spacial score (nSPS) is 10.5. The molecule has 16 heavy (non-hydrogen) atoms. The Bertz CT molecular complexity index is 454. The summed E-state index contributed by atoms with van der Waals surface area (Å²) in [7, 11) is 0. The maximum atomic E-state index is 9.51. The summed E-state index contributed by atoms with van der Waals surface area (Å²) in [4.78, 5) is 0. The highest BCUT2D eigenvalue weighted by molar-refractivity contribution is 5.38. The van der Waals surface area contributed by atoms with Crippen molar-refractivity contribution in [3.63, 3.8) is 0 Å². The molecule has 3 N–H and O–H groups in total. The molecule has 0 amide bonds. The van der Waals surface area contributed by atoms with Gasteiger partial charge in [-0.25, -0.2) is 0 Å². The molecule has 84 valence electrons. The quantitative estimate of drug-likeness (QED) is 0.725. The molecule has 2 aromatic rings. The Morgan fingerprint density at radius 2 is 2.06 bits per heavy atom. The summed E-state index contributed by atoms with van der Waals surface area (Å²) < 4.78 is 4.68. The standard InChI is InChI=1S/C11H12N2O3/c14-10-2-1-8(11(15)5-10)6-12-7-9-3-4-16-13-9/h1-5,12,14-15H,6-7H2. The third kappa shape index (κ3) is 2.52. The van der Waals surface area contributed by atoms with E-state index in [4.69, 9.17) is 5.11 Å². The first-order chi connectivity index (χ1) is 7.75. The number of rotatable bonds is 4. The van der Waals surface area contributed by atoms with Gasteiger partial charge in [0.15, 0.2) is 0 Å². The molecular formula is C11H12N2O3. The topological polar surface area (TPSA) is 78.5 Å². The van der Waals surface area contributed by atoms with Crippen molar-refractivity contribution in [2.24, 2.45) is 0 Å². The van der Waals surface area contributed by atoms with Gasteiger partial charge < -0.3 is 20.1 Å². The summed E-state index contributed by atoms with van der Waals surface area (Å²) in [6.07, 6.45) is 1.51. The van der Waals surface area contributed by atoms with E-state index in [9.17, 15) is 5.11 Å². The molecule has 0 aliphatic carbocycles. The molecule has 1 aromatic heterocycles. The van der Waals surface area contributed by atoms with E-state index < -0.39 is 0 Å². The SMILES string of the molecule is Oc1ccc(CNCc2ccon2)c(O)c1. The zero-order valence-corrected chi connectivity index (χ0v) is 8.55. The summed E-state index contributed by atoms with van der Waals surface area (Å²) in [6, 6.07) is 6.28. The second-order valence-corrected chi connectivity index (χ2v) is 3.41. The van der Waals surface area contributed by atoms with Crippen molar-refractivity contribution in [3.8, 4) is 11.5 Å². The van der Waals surface area contributed by atoms with Crippen LogP contribution in [0, 0.1) is 0 Å². The molecule has 1 heterocycles. The zero-order valence-electron chi connectivity index (χ0n) is 8.55. The Labute approximate surface area is 92.3 Å². The molecule has 0 saturated carbocycles. The van der Waals surface area contributed by atoms with Gasteiger partial charge in [-0.05, 0) is 6.07 Å². The Kier molecular flexibility index (Phi) is 3.07. The molecule has 5 nitrogen and oxygen atoms in total. The molecule has 0 atom stereocenters. The minimum atomic E-state index is 0.0535. The van der Waals surface area contributed by atoms with Crippen LogP contribution in [0.4, 0.5) is 0 Å². The highest BCUT2D eigenvalue weighted by Gasteiger charge is 2.02. The van der Waals surface area contributed by atoms with E-state index in [2.05, 4.69) is 15.0 Å². The van der Waals surface area contributed by atoms with Gasteiger partial charge in [0.05, 0.1) is 5.69 Å². The summed E-state index contributed by atoms with van der Waals surface area (Å²) >= 11 is 0. The van der Waals surface area contributed by atoms with Crippen LogP contribution in [0.1, 0.15) is 11.3 Å². The lowest BCUT2D eigenvalue weighted by atomic mass is 10.2. The minimum Gasteiger partial charge on any atom is -0.508 e. The van der Waals surface area contributed by atoms with Crippen LogP contribution < -0.4 is 5.32 Å². The molecule has 0 aliphatic heterocycles. The van der Waals surface area contributed by atoms with Crippen LogP contribution in [0.2, 0.25) is 0 Å². The molecule has 5 heteroatoms. The maximum Gasteiger partial charge on any atom is 0.124 e. The number of benzene rings is 1. The fraction of sp³-hybridized carbons (Fsp3) is 0.182. The number of aromatic hydroxyl groups is 2. The van der Waals surface area contributed by atoms with Crippen LogP contribution in [-0.2, 0) is 13.1 Å². The van der Waals surface area contributed by atoms with Gasteiger partial charge in [0, 0.05) is 30.8 Å². The smallest absolute Gasteiger partial charge is 0.124 e. The molecule has 0 radical (unpaired) electrons. The lowest BCUT2D eigenvalue weighted by Gasteiger charge is -2.05. The van der Waals surface area contributed by atoms with Crippen LogP contribution >= 0.6 is 0 Å². The largest absolute Gasteiger partial charge is 0.508 e. The van der Waals surface area contributed by atoms with E-state index in [1.54, 1.807) is 12.1 Å². The molecule has 1 aromatic carbocycles. The molecule has 2 rings (SSSR count). The first-order valence-electron chi connectivity index (χ1n) is 4.86. The lowest BCUT2D eigenvalue weighted by Crippen LogP contribution is -2.12. The Morgan fingerprint density at radius 3 is 2.75 bits per heavy atom. The third-order valence-electron chi connectivity index (χ3n) is 2.18. The summed E-state index contributed by atoms with van der Waals surface area (Å²) in [6.45, 7) is 1.07. The summed E-state index contributed by atoms with van der Waals surface area (Å²) in [5.74, 6) is 0.130. The Morgan fingerprint density at radius 1 is 1.19 bits per heavy atom. The summed E-state index contributed by atoms with van der Waals surface area (Å²) in [5.41, 5.74) is 1.53. The number of nitrogens with zero attached hydrogens (tertiary/aromatic N) is 1. The Balaban J connectivity index is 1.90. The van der Waals surface area contributed by atoms with Crippen molar-refractivity contribution in [1.29, 1.82) is 0 Å². The van der Waals surface area contributed by atoms with Gasteiger partial charge in [-0.3, -0.25) is 0 Å². The molecule has 0 fully saturated rings. The molecular weight excluding hydrogens is 208 g/mol. The van der Waals surface area contributed by atoms with E-state index in [-0.39, 0.29) is 11.5 Å². The third-order valence-corrected chi connectivity index (χ3v) is 2.18. The second kappa shape index (κ2) is 4.67. The fourth-order valence-corrected chi connectivity index (χ4v) is 1.36. The van der Waals surface area contributed by atoms with Crippen molar-refractivity contribution >= 4 is 0 Å². The van der Waals surface area contributed by atoms with Gasteiger partial charge in [-0.15, -0.1) is 0 Å². The van der Waals surface area contributed by atoms with Crippen molar-refractivity contribution < 1.29 is 14.7 Å². The average Bonchev–Trinajstić information content (AvgIpc) is 2.74. The maximum absolute atomic E-state index is 9.51. The molecule has 0 aliphatic rings. The first-order valence-corrected chi connectivity index (χ1v) is 4.86. The van der Waals surface area contributed by atoms with E-state index in [0.29, 0.717) is 13.1 Å². The molecule has 0 unspecified atom stereocenters. The number of nitrogens with one attached hydrogen (secondary N) is 1. The van der Waals surface area contributed by atoms with E-state index in [1.165, 1.54) is 18.4 Å². The predicted molar refractivity (Wildman–Crippen MR) is 56.8 cm³/mol. The van der Waals surface area contributed by atoms with Gasteiger partial charge in [0.1, 0.15) is 17.8 Å². The number of phenolic OH excluding ortho intramolecular Hbond substituents is 2.